The van der Waals surface area contributed by atoms with Crippen molar-refractivity contribution in [2.24, 2.45) is 10.3 Å². The number of pyridine rings is 4. The molecule has 6 rings (SSSR count). The van der Waals surface area contributed by atoms with Crippen molar-refractivity contribution in [3.63, 3.8) is 0 Å². The summed E-state index contributed by atoms with van der Waals surface area (Å²) < 4.78 is 11.2. The topological polar surface area (TPSA) is 113 Å². The van der Waals surface area contributed by atoms with Crippen LogP contribution in [0.2, 0.25) is 0 Å². The fourth-order valence-corrected chi connectivity index (χ4v) is 4.36. The van der Waals surface area contributed by atoms with Gasteiger partial charge in [-0.05, 0) is 48.5 Å². The number of nitrogens with zero attached hydrogens (tertiary/aromatic N) is 6. The van der Waals surface area contributed by atoms with Crippen molar-refractivity contribution in [2.45, 2.75) is 0 Å². The summed E-state index contributed by atoms with van der Waals surface area (Å²) in [6.45, 7) is 2.30. The third-order valence-electron chi connectivity index (χ3n) is 6.02. The van der Waals surface area contributed by atoms with Gasteiger partial charge in [0.1, 0.15) is 24.6 Å². The number of hydrogen-bond acceptors (Lipinski definition) is 10. The zero-order valence-corrected chi connectivity index (χ0v) is 20.5. The van der Waals surface area contributed by atoms with E-state index < -0.39 is 0 Å². The number of aromatic nitrogens is 4. The molecule has 2 aliphatic carbocycles. The molecule has 0 fully saturated rings. The van der Waals surface area contributed by atoms with E-state index in [4.69, 9.17) is 19.1 Å². The molecular weight excluding hydrogens is 484 g/mol. The van der Waals surface area contributed by atoms with E-state index in [0.717, 1.165) is 56.5 Å². The van der Waals surface area contributed by atoms with Crippen LogP contribution >= 0.6 is 0 Å². The molecule has 0 amide bonds. The predicted octanol–water partition coefficient (Wildman–Crippen LogP) is 3.50. The molecule has 0 atom stereocenters. The van der Waals surface area contributed by atoms with Crippen LogP contribution in [0.15, 0.2) is 83.6 Å². The number of fused-ring (bicyclic) bond motifs is 6. The highest BCUT2D eigenvalue weighted by Gasteiger charge is 2.28. The Bertz CT molecular complexity index is 1300. The fraction of sp³-hybridized carbons (Fsp3) is 0.214. The molecule has 0 N–H and O–H groups in total. The van der Waals surface area contributed by atoms with Crippen molar-refractivity contribution in [3.05, 3.63) is 95.6 Å². The Kier molecular flexibility index (Phi) is 7.05. The van der Waals surface area contributed by atoms with Gasteiger partial charge in [-0.25, -0.2) is 0 Å². The van der Waals surface area contributed by atoms with Crippen LogP contribution in [0, 0.1) is 0 Å². The summed E-state index contributed by atoms with van der Waals surface area (Å²) in [4.78, 5) is 28.8. The van der Waals surface area contributed by atoms with E-state index >= 15 is 0 Å². The average Bonchev–Trinajstić information content (AvgIpc) is 3.46. The number of ether oxygens (including phenoxy) is 2. The first kappa shape index (κ1) is 23.8. The average molecular weight is 509 g/mol. The summed E-state index contributed by atoms with van der Waals surface area (Å²) in [7, 11) is 0. The first-order valence-electron chi connectivity index (χ1n) is 12.3. The van der Waals surface area contributed by atoms with Crippen LogP contribution in [0.3, 0.4) is 0 Å². The van der Waals surface area contributed by atoms with E-state index in [2.05, 4.69) is 30.2 Å². The van der Waals surface area contributed by atoms with Gasteiger partial charge in [-0.3, -0.25) is 19.9 Å². The Hall–Kier alpha value is -4.54. The largest absolute Gasteiger partial charge is 0.393 e. The van der Waals surface area contributed by atoms with Crippen LogP contribution in [-0.2, 0) is 19.1 Å². The maximum atomic E-state index is 5.58. The minimum atomic E-state index is 0.321. The van der Waals surface area contributed by atoms with Crippen molar-refractivity contribution in [1.82, 2.24) is 19.9 Å². The quantitative estimate of drug-likeness (QED) is 0.193. The molecular formula is C28H24N6O4. The normalized spacial score (nSPS) is 12.4. The Labute approximate surface area is 219 Å². The van der Waals surface area contributed by atoms with E-state index in [1.807, 2.05) is 48.5 Å². The molecule has 4 aromatic rings. The van der Waals surface area contributed by atoms with Crippen molar-refractivity contribution in [1.29, 1.82) is 0 Å². The van der Waals surface area contributed by atoms with Gasteiger partial charge in [-0.15, -0.1) is 0 Å². The van der Waals surface area contributed by atoms with Gasteiger partial charge in [0.15, 0.2) is 0 Å². The Morgan fingerprint density at radius 3 is 1.11 bits per heavy atom. The second-order valence-corrected chi connectivity index (χ2v) is 8.37. The van der Waals surface area contributed by atoms with Gasteiger partial charge in [-0.1, -0.05) is 10.3 Å². The number of oxime groups is 2. The van der Waals surface area contributed by atoms with E-state index in [9.17, 15) is 0 Å². The van der Waals surface area contributed by atoms with E-state index in [1.165, 1.54) is 0 Å². The van der Waals surface area contributed by atoms with Crippen molar-refractivity contribution in [3.8, 4) is 22.8 Å². The molecule has 10 nitrogen and oxygen atoms in total. The highest BCUT2D eigenvalue weighted by molar-refractivity contribution is 6.23. The number of hydrogen-bond donors (Lipinski definition) is 0. The lowest BCUT2D eigenvalue weighted by molar-refractivity contribution is -0.000396. The minimum Gasteiger partial charge on any atom is -0.393 e. The summed E-state index contributed by atoms with van der Waals surface area (Å²) in [5, 5.41) is 8.65. The highest BCUT2D eigenvalue weighted by atomic mass is 16.6. The van der Waals surface area contributed by atoms with Crippen molar-refractivity contribution >= 4 is 11.4 Å². The molecule has 4 aromatic heterocycles. The van der Waals surface area contributed by atoms with Gasteiger partial charge in [-0.2, -0.15) is 0 Å². The molecule has 38 heavy (non-hydrogen) atoms. The SMILES string of the molecule is c1cnc2c(c1)C(=NOCCOCCOCCON=C1c3cccnc3-c3ncccc31)c1cccnc1-2. The Morgan fingerprint density at radius 1 is 0.447 bits per heavy atom. The molecule has 0 aliphatic heterocycles. The van der Waals surface area contributed by atoms with Crippen molar-refractivity contribution < 1.29 is 19.1 Å². The summed E-state index contributed by atoms with van der Waals surface area (Å²) >= 11 is 0. The van der Waals surface area contributed by atoms with Gasteiger partial charge >= 0.3 is 0 Å². The molecule has 10 heteroatoms. The lowest BCUT2D eigenvalue weighted by Crippen LogP contribution is -2.11. The Morgan fingerprint density at radius 2 is 0.763 bits per heavy atom. The fourth-order valence-electron chi connectivity index (χ4n) is 4.36. The second-order valence-electron chi connectivity index (χ2n) is 8.37. The summed E-state index contributed by atoms with van der Waals surface area (Å²) in [5.41, 5.74) is 8.41. The summed E-state index contributed by atoms with van der Waals surface area (Å²) in [6, 6.07) is 15.4. The molecule has 2 aliphatic rings. The highest BCUT2D eigenvalue weighted by Crippen LogP contribution is 2.34. The lowest BCUT2D eigenvalue weighted by Gasteiger charge is -2.06. The molecule has 0 spiro atoms. The monoisotopic (exact) mass is 508 g/mol. The second kappa shape index (κ2) is 11.2. The Balaban J connectivity index is 0.892. The van der Waals surface area contributed by atoms with Crippen LogP contribution in [0.25, 0.3) is 22.8 Å². The van der Waals surface area contributed by atoms with Gasteiger partial charge in [0.2, 0.25) is 0 Å². The van der Waals surface area contributed by atoms with Crippen LogP contribution in [0.5, 0.6) is 0 Å². The van der Waals surface area contributed by atoms with E-state index in [0.29, 0.717) is 39.6 Å². The molecule has 0 bridgehead atoms. The maximum absolute atomic E-state index is 5.58. The number of rotatable bonds is 11. The van der Waals surface area contributed by atoms with Crippen LogP contribution < -0.4 is 0 Å². The van der Waals surface area contributed by atoms with Gasteiger partial charge in [0, 0.05) is 47.0 Å². The molecule has 0 saturated heterocycles. The van der Waals surface area contributed by atoms with Gasteiger partial charge in [0.05, 0.1) is 49.2 Å². The lowest BCUT2D eigenvalue weighted by atomic mass is 10.1. The first-order chi connectivity index (χ1) is 18.9. The molecule has 0 radical (unpaired) electrons. The van der Waals surface area contributed by atoms with Crippen molar-refractivity contribution in [2.75, 3.05) is 39.6 Å². The predicted molar refractivity (Wildman–Crippen MR) is 140 cm³/mol. The molecule has 0 saturated carbocycles. The standard InChI is InChI=1S/C28H24N6O4/c1-5-19-23(20-6-2-10-30-26(20)25(19)29-9-1)33-37-17-15-35-13-14-36-16-18-38-34-24-21-7-3-11-31-27(21)28-22(24)8-4-12-32-28/h1-12H,13-18H2. The van der Waals surface area contributed by atoms with Gasteiger partial charge in [0.25, 0.3) is 0 Å². The molecule has 0 unspecified atom stereocenters. The third-order valence-corrected chi connectivity index (χ3v) is 6.02. The van der Waals surface area contributed by atoms with Crippen LogP contribution in [-0.4, -0.2) is 71.0 Å². The van der Waals surface area contributed by atoms with Crippen LogP contribution in [0.4, 0.5) is 0 Å². The molecule has 190 valence electrons. The van der Waals surface area contributed by atoms with Gasteiger partial charge < -0.3 is 19.1 Å². The van der Waals surface area contributed by atoms with E-state index in [-0.39, 0.29) is 0 Å². The molecule has 0 aromatic carbocycles. The van der Waals surface area contributed by atoms with Crippen LogP contribution in [0.1, 0.15) is 22.3 Å². The van der Waals surface area contributed by atoms with E-state index in [1.54, 1.807) is 24.8 Å². The zero-order valence-electron chi connectivity index (χ0n) is 20.5. The zero-order chi connectivity index (χ0) is 25.6. The third kappa shape index (κ3) is 4.74. The smallest absolute Gasteiger partial charge is 0.140 e. The maximum Gasteiger partial charge on any atom is 0.140 e. The summed E-state index contributed by atoms with van der Waals surface area (Å²) in [6.07, 6.45) is 7.00. The summed E-state index contributed by atoms with van der Waals surface area (Å²) in [5.74, 6) is 0. The first-order valence-corrected chi connectivity index (χ1v) is 12.3. The minimum absolute atomic E-state index is 0.321. The molecule has 4 heterocycles.